The number of benzene rings is 1. The second-order valence-corrected chi connectivity index (χ2v) is 4.92. The molecular weight excluding hydrogens is 423 g/mol. The van der Waals surface area contributed by atoms with Crippen LogP contribution in [-0.4, -0.2) is 45.7 Å². The second-order valence-electron chi connectivity index (χ2n) is 4.92. The van der Waals surface area contributed by atoms with E-state index in [1.54, 1.807) is 14.2 Å². The van der Waals surface area contributed by atoms with Crippen molar-refractivity contribution in [2.45, 2.75) is 19.8 Å². The number of hydrogen-bond donors (Lipinski definition) is 3. The zero-order valence-electron chi connectivity index (χ0n) is 14.4. The standard InChI is InChI=1S/C16H26N4O3.HI/c1-4-8-18-15(21)11-20-16(17)19-9-7-12-5-6-13(22-2)14(10-12)23-3;/h5-6,10H,4,7-9,11H2,1-3H3,(H,18,21)(H3,17,19,20);1H. The maximum atomic E-state index is 11.4. The molecule has 24 heavy (non-hydrogen) atoms. The van der Waals surface area contributed by atoms with Crippen LogP contribution in [0.1, 0.15) is 18.9 Å². The Balaban J connectivity index is 0.00000529. The average Bonchev–Trinajstić information content (AvgIpc) is 2.57. The van der Waals surface area contributed by atoms with Gasteiger partial charge in [0.05, 0.1) is 14.2 Å². The van der Waals surface area contributed by atoms with E-state index >= 15 is 0 Å². The van der Waals surface area contributed by atoms with E-state index in [1.165, 1.54) is 0 Å². The number of hydrogen-bond acceptors (Lipinski definition) is 4. The molecule has 4 N–H and O–H groups in total. The smallest absolute Gasteiger partial charge is 0.241 e. The molecule has 0 bridgehead atoms. The van der Waals surface area contributed by atoms with Crippen molar-refractivity contribution in [3.05, 3.63) is 23.8 Å². The van der Waals surface area contributed by atoms with Gasteiger partial charge in [-0.3, -0.25) is 4.79 Å². The molecule has 0 aliphatic carbocycles. The summed E-state index contributed by atoms with van der Waals surface area (Å²) in [6, 6.07) is 5.75. The maximum Gasteiger partial charge on any atom is 0.241 e. The van der Waals surface area contributed by atoms with Gasteiger partial charge < -0.3 is 25.8 Å². The van der Waals surface area contributed by atoms with Crippen molar-refractivity contribution in [1.29, 1.82) is 0 Å². The van der Waals surface area contributed by atoms with E-state index in [0.717, 1.165) is 18.4 Å². The number of rotatable bonds is 9. The van der Waals surface area contributed by atoms with E-state index in [9.17, 15) is 4.79 Å². The van der Waals surface area contributed by atoms with Crippen LogP contribution in [-0.2, 0) is 11.2 Å². The fourth-order valence-corrected chi connectivity index (χ4v) is 1.90. The quantitative estimate of drug-likeness (QED) is 0.299. The van der Waals surface area contributed by atoms with Gasteiger partial charge in [-0.05, 0) is 30.5 Å². The lowest BCUT2D eigenvalue weighted by Gasteiger charge is -2.10. The summed E-state index contributed by atoms with van der Waals surface area (Å²) in [5.74, 6) is 1.52. The third-order valence-electron chi connectivity index (χ3n) is 3.13. The minimum atomic E-state index is -0.128. The summed E-state index contributed by atoms with van der Waals surface area (Å²) < 4.78 is 10.5. The van der Waals surface area contributed by atoms with E-state index in [1.807, 2.05) is 25.1 Å². The van der Waals surface area contributed by atoms with Crippen molar-refractivity contribution in [1.82, 2.24) is 10.6 Å². The number of carbonyl (C=O) groups is 1. The van der Waals surface area contributed by atoms with Crippen LogP contribution in [0.2, 0.25) is 0 Å². The van der Waals surface area contributed by atoms with Gasteiger partial charge >= 0.3 is 0 Å². The molecule has 0 spiro atoms. The lowest BCUT2D eigenvalue weighted by Crippen LogP contribution is -2.35. The van der Waals surface area contributed by atoms with E-state index < -0.39 is 0 Å². The molecule has 1 aromatic rings. The number of aliphatic imine (C=N–C) groups is 1. The van der Waals surface area contributed by atoms with Crippen molar-refractivity contribution in [3.8, 4) is 11.5 Å². The summed E-state index contributed by atoms with van der Waals surface area (Å²) in [6.45, 7) is 3.30. The molecule has 1 aromatic carbocycles. The fraction of sp³-hybridized carbons (Fsp3) is 0.500. The van der Waals surface area contributed by atoms with Gasteiger partial charge in [0.15, 0.2) is 17.5 Å². The summed E-state index contributed by atoms with van der Waals surface area (Å²) in [5, 5.41) is 5.72. The van der Waals surface area contributed by atoms with Crippen LogP contribution in [0.5, 0.6) is 11.5 Å². The number of nitrogens with one attached hydrogen (secondary N) is 2. The number of nitrogens with zero attached hydrogens (tertiary/aromatic N) is 1. The summed E-state index contributed by atoms with van der Waals surface area (Å²) in [7, 11) is 3.21. The normalized spacial score (nSPS) is 10.5. The second kappa shape index (κ2) is 12.7. The zero-order valence-corrected chi connectivity index (χ0v) is 16.8. The highest BCUT2D eigenvalue weighted by Crippen LogP contribution is 2.27. The Labute approximate surface area is 160 Å². The maximum absolute atomic E-state index is 11.4. The number of carbonyl (C=O) groups excluding carboxylic acids is 1. The van der Waals surface area contributed by atoms with Gasteiger partial charge in [-0.15, -0.1) is 24.0 Å². The van der Waals surface area contributed by atoms with Crippen molar-refractivity contribution in [3.63, 3.8) is 0 Å². The first-order chi connectivity index (χ1) is 11.1. The summed E-state index contributed by atoms with van der Waals surface area (Å²) >= 11 is 0. The molecule has 0 aromatic heterocycles. The van der Waals surface area contributed by atoms with Crippen LogP contribution in [0.15, 0.2) is 23.2 Å². The molecule has 0 unspecified atom stereocenters. The molecular formula is C16H27IN4O3. The Kier molecular flexibility index (Phi) is 11.8. The number of guanidine groups is 1. The van der Waals surface area contributed by atoms with Gasteiger partial charge in [0, 0.05) is 13.1 Å². The highest BCUT2D eigenvalue weighted by Gasteiger charge is 2.04. The van der Waals surface area contributed by atoms with Crippen LogP contribution in [0, 0.1) is 0 Å². The predicted octanol–water partition coefficient (Wildman–Crippen LogP) is 1.29. The molecule has 0 atom stereocenters. The van der Waals surface area contributed by atoms with Crippen molar-refractivity contribution >= 4 is 35.8 Å². The van der Waals surface area contributed by atoms with Crippen LogP contribution < -0.4 is 25.8 Å². The minimum absolute atomic E-state index is 0. The first kappa shape index (κ1) is 22.3. The van der Waals surface area contributed by atoms with Crippen molar-refractivity contribution < 1.29 is 14.3 Å². The van der Waals surface area contributed by atoms with Gasteiger partial charge in [-0.1, -0.05) is 13.0 Å². The summed E-state index contributed by atoms with van der Waals surface area (Å²) in [4.78, 5) is 15.4. The van der Waals surface area contributed by atoms with Gasteiger partial charge in [-0.2, -0.15) is 0 Å². The van der Waals surface area contributed by atoms with Crippen LogP contribution in [0.3, 0.4) is 0 Å². The number of halogens is 1. The summed E-state index contributed by atoms with van der Waals surface area (Å²) in [5.41, 5.74) is 6.82. The minimum Gasteiger partial charge on any atom is -0.493 e. The average molecular weight is 450 g/mol. The fourth-order valence-electron chi connectivity index (χ4n) is 1.90. The molecule has 7 nitrogen and oxygen atoms in total. The van der Waals surface area contributed by atoms with Gasteiger partial charge in [0.25, 0.3) is 0 Å². The first-order valence-electron chi connectivity index (χ1n) is 7.62. The predicted molar refractivity (Wildman–Crippen MR) is 106 cm³/mol. The van der Waals surface area contributed by atoms with E-state index in [4.69, 9.17) is 15.2 Å². The third-order valence-corrected chi connectivity index (χ3v) is 3.13. The Morgan fingerprint density at radius 1 is 1.17 bits per heavy atom. The number of amides is 1. The zero-order chi connectivity index (χ0) is 17.1. The van der Waals surface area contributed by atoms with Crippen molar-refractivity contribution in [2.75, 3.05) is 33.9 Å². The first-order valence-corrected chi connectivity index (χ1v) is 7.62. The molecule has 0 saturated heterocycles. The number of nitrogens with two attached hydrogens (primary N) is 1. The molecule has 0 saturated carbocycles. The van der Waals surface area contributed by atoms with Crippen LogP contribution >= 0.6 is 24.0 Å². The largest absolute Gasteiger partial charge is 0.493 e. The summed E-state index contributed by atoms with van der Waals surface area (Å²) in [6.07, 6.45) is 1.65. The number of methoxy groups -OCH3 is 2. The molecule has 136 valence electrons. The monoisotopic (exact) mass is 450 g/mol. The molecule has 1 amide bonds. The molecule has 8 heteroatoms. The van der Waals surface area contributed by atoms with E-state index in [2.05, 4.69) is 15.6 Å². The lowest BCUT2D eigenvalue weighted by atomic mass is 10.1. The Hall–Kier alpha value is -1.71. The molecule has 0 fully saturated rings. The Bertz CT molecular complexity index is 538. The topological polar surface area (TPSA) is 98.0 Å². The molecule has 0 radical (unpaired) electrons. The highest BCUT2D eigenvalue weighted by atomic mass is 127. The molecule has 0 aliphatic rings. The van der Waals surface area contributed by atoms with Crippen LogP contribution in [0.25, 0.3) is 0 Å². The molecule has 1 rings (SSSR count). The molecule has 0 heterocycles. The molecule has 0 aliphatic heterocycles. The van der Waals surface area contributed by atoms with Crippen LogP contribution in [0.4, 0.5) is 0 Å². The third kappa shape index (κ3) is 8.23. The Morgan fingerprint density at radius 3 is 2.50 bits per heavy atom. The van der Waals surface area contributed by atoms with Gasteiger partial charge in [0.2, 0.25) is 5.91 Å². The van der Waals surface area contributed by atoms with E-state index in [-0.39, 0.29) is 42.4 Å². The number of ether oxygens (including phenoxy) is 2. The lowest BCUT2D eigenvalue weighted by molar-refractivity contribution is -0.119. The van der Waals surface area contributed by atoms with E-state index in [0.29, 0.717) is 24.6 Å². The SMILES string of the molecule is CCCNC(=O)CN=C(N)NCCc1ccc(OC)c(OC)c1.I. The van der Waals surface area contributed by atoms with Gasteiger partial charge in [0.1, 0.15) is 6.54 Å². The Morgan fingerprint density at radius 2 is 1.88 bits per heavy atom. The van der Waals surface area contributed by atoms with Gasteiger partial charge in [-0.25, -0.2) is 4.99 Å². The van der Waals surface area contributed by atoms with Crippen molar-refractivity contribution in [2.24, 2.45) is 10.7 Å². The highest BCUT2D eigenvalue weighted by molar-refractivity contribution is 14.0.